The van der Waals surface area contributed by atoms with Crippen molar-refractivity contribution in [2.75, 3.05) is 6.61 Å². The lowest BCUT2D eigenvalue weighted by molar-refractivity contribution is -0.185. The molecule has 70 valence electrons. The highest BCUT2D eigenvalue weighted by atomic mass is 16.5. The van der Waals surface area contributed by atoms with E-state index < -0.39 is 24.4 Å². The van der Waals surface area contributed by atoms with Crippen LogP contribution >= 0.6 is 0 Å². The molecular weight excluding hydrogens is 160 g/mol. The van der Waals surface area contributed by atoms with Gasteiger partial charge in [-0.3, -0.25) is 0 Å². The van der Waals surface area contributed by atoms with E-state index in [0.717, 1.165) is 0 Å². The van der Waals surface area contributed by atoms with Gasteiger partial charge in [0.2, 0.25) is 0 Å². The lowest BCUT2D eigenvalue weighted by Gasteiger charge is -2.34. The molecule has 0 amide bonds. The minimum atomic E-state index is -1.11. The predicted molar refractivity (Wildman–Crippen MR) is 42.6 cm³/mol. The molecule has 1 aliphatic heterocycles. The monoisotopic (exact) mass is 174 g/mol. The van der Waals surface area contributed by atoms with E-state index in [1.54, 1.807) is 6.08 Å². The molecule has 0 unspecified atom stereocenters. The first-order valence-electron chi connectivity index (χ1n) is 3.93. The minimum absolute atomic E-state index is 0.0662. The zero-order chi connectivity index (χ0) is 9.14. The van der Waals surface area contributed by atoms with Crippen LogP contribution in [0.2, 0.25) is 0 Å². The van der Waals surface area contributed by atoms with Gasteiger partial charge in [-0.1, -0.05) is 6.08 Å². The third-order valence-corrected chi connectivity index (χ3v) is 2.01. The molecule has 1 aliphatic rings. The number of hydrogen-bond acceptors (Lipinski definition) is 4. The maximum atomic E-state index is 9.36. The molecule has 1 saturated heterocycles. The van der Waals surface area contributed by atoms with Crippen LogP contribution < -0.4 is 0 Å². The second-order valence-corrected chi connectivity index (χ2v) is 2.94. The van der Waals surface area contributed by atoms with E-state index in [1.165, 1.54) is 0 Å². The molecule has 4 atom stereocenters. The molecule has 0 bridgehead atoms. The van der Waals surface area contributed by atoms with Crippen molar-refractivity contribution in [2.24, 2.45) is 0 Å². The summed E-state index contributed by atoms with van der Waals surface area (Å²) in [6, 6.07) is 0. The molecule has 4 heteroatoms. The van der Waals surface area contributed by atoms with Crippen LogP contribution in [-0.4, -0.2) is 46.3 Å². The van der Waals surface area contributed by atoms with Gasteiger partial charge in [-0.05, 0) is 6.42 Å². The summed E-state index contributed by atoms with van der Waals surface area (Å²) in [5, 5.41) is 27.7. The van der Waals surface area contributed by atoms with Crippen LogP contribution in [-0.2, 0) is 4.74 Å². The maximum absolute atomic E-state index is 9.36. The molecule has 0 radical (unpaired) electrons. The fourth-order valence-corrected chi connectivity index (χ4v) is 1.24. The zero-order valence-corrected chi connectivity index (χ0v) is 6.76. The fraction of sp³-hybridized carbons (Fsp3) is 0.750. The highest BCUT2D eigenvalue weighted by Crippen LogP contribution is 2.17. The lowest BCUT2D eigenvalue weighted by atomic mass is 9.98. The molecule has 0 aromatic heterocycles. The van der Waals surface area contributed by atoms with E-state index >= 15 is 0 Å². The van der Waals surface area contributed by atoms with Crippen molar-refractivity contribution in [1.82, 2.24) is 0 Å². The summed E-state index contributed by atoms with van der Waals surface area (Å²) in [4.78, 5) is 0. The smallest absolute Gasteiger partial charge is 0.111 e. The summed E-state index contributed by atoms with van der Waals surface area (Å²) in [5.74, 6) is 0. The van der Waals surface area contributed by atoms with Crippen LogP contribution in [0.4, 0.5) is 0 Å². The molecular formula is C8H14O4. The average Bonchev–Trinajstić information content (AvgIpc) is 2.07. The first-order valence-corrected chi connectivity index (χ1v) is 3.93. The van der Waals surface area contributed by atoms with Crippen molar-refractivity contribution in [2.45, 2.75) is 30.8 Å². The number of ether oxygens (including phenoxy) is 1. The molecule has 1 rings (SSSR count). The minimum Gasteiger partial charge on any atom is -0.388 e. The number of aliphatic hydroxyl groups is 3. The zero-order valence-electron chi connectivity index (χ0n) is 6.76. The van der Waals surface area contributed by atoms with Gasteiger partial charge in [-0.25, -0.2) is 0 Å². The van der Waals surface area contributed by atoms with Crippen LogP contribution in [0.5, 0.6) is 0 Å². The Bertz CT molecular complexity index is 159. The van der Waals surface area contributed by atoms with Gasteiger partial charge in [0.25, 0.3) is 0 Å². The maximum Gasteiger partial charge on any atom is 0.111 e. The number of aliphatic hydroxyl groups excluding tert-OH is 3. The van der Waals surface area contributed by atoms with Crippen molar-refractivity contribution >= 4 is 0 Å². The molecule has 12 heavy (non-hydrogen) atoms. The first kappa shape index (κ1) is 9.67. The normalized spacial score (nSPS) is 42.6. The van der Waals surface area contributed by atoms with Crippen molar-refractivity contribution in [3.05, 3.63) is 12.7 Å². The first-order chi connectivity index (χ1) is 5.66. The fourth-order valence-electron chi connectivity index (χ4n) is 1.24. The Morgan fingerprint density at radius 1 is 1.33 bits per heavy atom. The average molecular weight is 174 g/mol. The van der Waals surface area contributed by atoms with Crippen molar-refractivity contribution in [3.8, 4) is 0 Å². The molecule has 0 saturated carbocycles. The summed E-state index contributed by atoms with van der Waals surface area (Å²) < 4.78 is 5.08. The van der Waals surface area contributed by atoms with E-state index in [4.69, 9.17) is 9.84 Å². The van der Waals surface area contributed by atoms with Crippen molar-refractivity contribution in [3.63, 3.8) is 0 Å². The van der Waals surface area contributed by atoms with Gasteiger partial charge < -0.3 is 20.1 Å². The molecule has 1 fully saturated rings. The Morgan fingerprint density at radius 3 is 2.58 bits per heavy atom. The summed E-state index contributed by atoms with van der Waals surface area (Å²) in [7, 11) is 0. The molecule has 1 heterocycles. The molecule has 4 nitrogen and oxygen atoms in total. The van der Waals surface area contributed by atoms with E-state index in [-0.39, 0.29) is 6.61 Å². The lowest BCUT2D eigenvalue weighted by Crippen LogP contribution is -2.52. The second-order valence-electron chi connectivity index (χ2n) is 2.94. The Kier molecular flexibility index (Phi) is 3.22. The third kappa shape index (κ3) is 1.84. The topological polar surface area (TPSA) is 69.9 Å². The molecule has 0 aromatic rings. The third-order valence-electron chi connectivity index (χ3n) is 2.01. The van der Waals surface area contributed by atoms with Gasteiger partial charge in [0.05, 0.1) is 12.7 Å². The van der Waals surface area contributed by atoms with Crippen LogP contribution in [0.15, 0.2) is 12.7 Å². The molecule has 0 aliphatic carbocycles. The standard InChI is InChI=1S/C8H14O4/c1-2-3-6-8(11)7(10)5(9)4-12-6/h2,5-11H,1,3-4H2/t5-,6+,7+,8+/m1/s1. The van der Waals surface area contributed by atoms with Crippen molar-refractivity contribution in [1.29, 1.82) is 0 Å². The van der Waals surface area contributed by atoms with Gasteiger partial charge in [-0.2, -0.15) is 0 Å². The second kappa shape index (κ2) is 4.00. The predicted octanol–water partition coefficient (Wildman–Crippen LogP) is -0.956. The van der Waals surface area contributed by atoms with Crippen molar-refractivity contribution < 1.29 is 20.1 Å². The number of rotatable bonds is 2. The van der Waals surface area contributed by atoms with Gasteiger partial charge >= 0.3 is 0 Å². The van der Waals surface area contributed by atoms with Gasteiger partial charge in [0, 0.05) is 0 Å². The van der Waals surface area contributed by atoms with Gasteiger partial charge in [0.1, 0.15) is 18.3 Å². The van der Waals surface area contributed by atoms with E-state index in [2.05, 4.69) is 6.58 Å². The highest BCUT2D eigenvalue weighted by molar-refractivity contribution is 4.89. The Labute approximate surface area is 71.1 Å². The summed E-state index contributed by atoms with van der Waals surface area (Å²) >= 11 is 0. The molecule has 3 N–H and O–H groups in total. The summed E-state index contributed by atoms with van der Waals surface area (Å²) in [6.07, 6.45) is -1.47. The molecule has 0 spiro atoms. The molecule has 0 aromatic carbocycles. The Morgan fingerprint density at radius 2 is 2.00 bits per heavy atom. The SMILES string of the molecule is C=CC[C@@H]1OC[C@@H](O)[C@H](O)[C@H]1O. The Balaban J connectivity index is 2.52. The largest absolute Gasteiger partial charge is 0.388 e. The van der Waals surface area contributed by atoms with E-state index in [0.29, 0.717) is 6.42 Å². The Hall–Kier alpha value is -0.420. The van der Waals surface area contributed by atoms with Gasteiger partial charge in [-0.15, -0.1) is 6.58 Å². The summed E-state index contributed by atoms with van der Waals surface area (Å²) in [5.41, 5.74) is 0. The van der Waals surface area contributed by atoms with Crippen LogP contribution in [0.3, 0.4) is 0 Å². The quantitative estimate of drug-likeness (QED) is 0.472. The highest BCUT2D eigenvalue weighted by Gasteiger charge is 2.36. The van der Waals surface area contributed by atoms with Crippen LogP contribution in [0.1, 0.15) is 6.42 Å². The number of hydrogen-bond donors (Lipinski definition) is 3. The van der Waals surface area contributed by atoms with E-state index in [9.17, 15) is 10.2 Å². The summed E-state index contributed by atoms with van der Waals surface area (Å²) in [6.45, 7) is 3.56. The van der Waals surface area contributed by atoms with Crippen LogP contribution in [0.25, 0.3) is 0 Å². The van der Waals surface area contributed by atoms with E-state index in [1.807, 2.05) is 0 Å². The van der Waals surface area contributed by atoms with Crippen LogP contribution in [0, 0.1) is 0 Å². The van der Waals surface area contributed by atoms with Gasteiger partial charge in [0.15, 0.2) is 0 Å².